The summed E-state index contributed by atoms with van der Waals surface area (Å²) in [5.41, 5.74) is 2.17. The van der Waals surface area contributed by atoms with Gasteiger partial charge in [-0.3, -0.25) is 9.78 Å². The van der Waals surface area contributed by atoms with Crippen LogP contribution in [0.3, 0.4) is 0 Å². The second-order valence-electron chi connectivity index (χ2n) is 6.95. The molecule has 0 unspecified atom stereocenters. The van der Waals surface area contributed by atoms with Crippen molar-refractivity contribution in [2.45, 2.75) is 51.7 Å². The topological polar surface area (TPSA) is 62.2 Å². The van der Waals surface area contributed by atoms with Crippen molar-refractivity contribution >= 4 is 5.91 Å². The van der Waals surface area contributed by atoms with Gasteiger partial charge in [0.2, 0.25) is 0 Å². The van der Waals surface area contributed by atoms with Crippen LogP contribution in [0.1, 0.15) is 48.7 Å². The van der Waals surface area contributed by atoms with Gasteiger partial charge in [0.05, 0.1) is 5.60 Å². The van der Waals surface area contributed by atoms with E-state index < -0.39 is 5.60 Å². The smallest absolute Gasteiger partial charge is 0.251 e. The number of aliphatic hydroxyl groups is 1. The van der Waals surface area contributed by atoms with Crippen molar-refractivity contribution in [3.05, 3.63) is 65.5 Å². The average Bonchev–Trinajstić information content (AvgIpc) is 2.53. The van der Waals surface area contributed by atoms with Crippen LogP contribution in [0.2, 0.25) is 0 Å². The third-order valence-corrected chi connectivity index (χ3v) is 3.88. The summed E-state index contributed by atoms with van der Waals surface area (Å²) in [7, 11) is 0. The molecule has 0 radical (unpaired) electrons. The lowest BCUT2D eigenvalue weighted by Gasteiger charge is -2.17. The van der Waals surface area contributed by atoms with E-state index in [1.54, 1.807) is 26.2 Å². The number of nitrogens with one attached hydrogen (secondary N) is 1. The van der Waals surface area contributed by atoms with E-state index in [1.165, 1.54) is 0 Å². The molecule has 0 bridgehead atoms. The van der Waals surface area contributed by atoms with Gasteiger partial charge in [0.15, 0.2) is 0 Å². The van der Waals surface area contributed by atoms with Crippen LogP contribution in [0.25, 0.3) is 0 Å². The maximum Gasteiger partial charge on any atom is 0.251 e. The number of hydrogen-bond donors (Lipinski definition) is 2. The first kappa shape index (κ1) is 18.1. The summed E-state index contributed by atoms with van der Waals surface area (Å²) in [4.78, 5) is 16.4. The van der Waals surface area contributed by atoms with Crippen LogP contribution in [0.15, 0.2) is 48.8 Å². The number of carbonyl (C=O) groups is 1. The van der Waals surface area contributed by atoms with E-state index in [0.717, 1.165) is 24.0 Å². The van der Waals surface area contributed by atoms with E-state index in [1.807, 2.05) is 43.3 Å². The van der Waals surface area contributed by atoms with Gasteiger partial charge in [0.1, 0.15) is 0 Å². The minimum absolute atomic E-state index is 0.0416. The number of amides is 1. The van der Waals surface area contributed by atoms with Crippen LogP contribution >= 0.6 is 0 Å². The number of aromatic nitrogens is 1. The Morgan fingerprint density at radius 2 is 1.92 bits per heavy atom. The first-order chi connectivity index (χ1) is 11.3. The van der Waals surface area contributed by atoms with Crippen molar-refractivity contribution in [3.63, 3.8) is 0 Å². The molecular formula is C20H26N2O2. The number of nitrogens with zero attached hydrogens (tertiary/aromatic N) is 1. The largest absolute Gasteiger partial charge is 0.390 e. The predicted octanol–water partition coefficient (Wildman–Crippen LogP) is 3.15. The summed E-state index contributed by atoms with van der Waals surface area (Å²) in [6.45, 7) is 5.59. The van der Waals surface area contributed by atoms with Crippen molar-refractivity contribution in [1.29, 1.82) is 0 Å². The van der Waals surface area contributed by atoms with Crippen LogP contribution in [0.4, 0.5) is 0 Å². The highest BCUT2D eigenvalue weighted by molar-refractivity contribution is 5.94. The van der Waals surface area contributed by atoms with Crippen molar-refractivity contribution in [2.24, 2.45) is 0 Å². The maximum atomic E-state index is 12.4. The first-order valence-electron chi connectivity index (χ1n) is 8.34. The molecule has 0 fully saturated rings. The van der Waals surface area contributed by atoms with Gasteiger partial charge in [-0.05, 0) is 75.4 Å². The highest BCUT2D eigenvalue weighted by Crippen LogP contribution is 2.14. The zero-order chi connectivity index (χ0) is 17.6. The Morgan fingerprint density at radius 3 is 2.58 bits per heavy atom. The molecule has 4 nitrogen and oxygen atoms in total. The van der Waals surface area contributed by atoms with Crippen LogP contribution in [0, 0.1) is 0 Å². The molecule has 0 saturated carbocycles. The number of carbonyl (C=O) groups excluding carboxylic acids is 1. The summed E-state index contributed by atoms with van der Waals surface area (Å²) in [6.07, 6.45) is 5.70. The summed E-state index contributed by atoms with van der Waals surface area (Å²) < 4.78 is 0. The zero-order valence-electron chi connectivity index (χ0n) is 14.6. The molecular weight excluding hydrogens is 300 g/mol. The molecule has 2 rings (SSSR count). The highest BCUT2D eigenvalue weighted by Gasteiger charge is 2.14. The van der Waals surface area contributed by atoms with Crippen molar-refractivity contribution < 1.29 is 9.90 Å². The molecule has 0 saturated heterocycles. The van der Waals surface area contributed by atoms with E-state index in [0.29, 0.717) is 12.0 Å². The minimum Gasteiger partial charge on any atom is -0.390 e. The SMILES string of the molecule is C[C@@H](Cc1ccncc1)NC(=O)c1cccc(CCC(C)(C)O)c1. The fraction of sp³-hybridized carbons (Fsp3) is 0.400. The van der Waals surface area contributed by atoms with Crippen LogP contribution < -0.4 is 5.32 Å². The van der Waals surface area contributed by atoms with Crippen molar-refractivity contribution in [3.8, 4) is 0 Å². The molecule has 24 heavy (non-hydrogen) atoms. The average molecular weight is 326 g/mol. The summed E-state index contributed by atoms with van der Waals surface area (Å²) in [5.74, 6) is -0.0679. The standard InChI is InChI=1S/C20H26N2O2/c1-15(13-17-8-11-21-12-9-17)22-19(23)18-6-4-5-16(14-18)7-10-20(2,3)24/h4-6,8-9,11-12,14-15,24H,7,10,13H2,1-3H3,(H,22,23)/t15-/m0/s1. The third-order valence-electron chi connectivity index (χ3n) is 3.88. The monoisotopic (exact) mass is 326 g/mol. The zero-order valence-corrected chi connectivity index (χ0v) is 14.6. The molecule has 2 N–H and O–H groups in total. The van der Waals surface area contributed by atoms with Crippen LogP contribution in [-0.4, -0.2) is 27.6 Å². The maximum absolute atomic E-state index is 12.4. The second kappa shape index (κ2) is 8.06. The van der Waals surface area contributed by atoms with Gasteiger partial charge in [0.25, 0.3) is 5.91 Å². The lowest BCUT2D eigenvalue weighted by molar-refractivity contribution is 0.0714. The van der Waals surface area contributed by atoms with Gasteiger partial charge in [-0.2, -0.15) is 0 Å². The Balaban J connectivity index is 1.94. The number of hydrogen-bond acceptors (Lipinski definition) is 3. The molecule has 2 aromatic rings. The minimum atomic E-state index is -0.697. The van der Waals surface area contributed by atoms with E-state index in [2.05, 4.69) is 10.3 Å². The Kier molecular flexibility index (Phi) is 6.10. The molecule has 0 aliphatic carbocycles. The van der Waals surface area contributed by atoms with Gasteiger partial charge < -0.3 is 10.4 Å². The van der Waals surface area contributed by atoms with Gasteiger partial charge >= 0.3 is 0 Å². The van der Waals surface area contributed by atoms with Crippen LogP contribution in [-0.2, 0) is 12.8 Å². The molecule has 1 aromatic carbocycles. The molecule has 0 spiro atoms. The molecule has 1 atom stereocenters. The Labute approximate surface area is 143 Å². The summed E-state index contributed by atoms with van der Waals surface area (Å²) in [6, 6.07) is 11.6. The number of aryl methyl sites for hydroxylation is 1. The summed E-state index contributed by atoms with van der Waals surface area (Å²) >= 11 is 0. The van der Waals surface area contributed by atoms with Crippen molar-refractivity contribution in [2.75, 3.05) is 0 Å². The molecule has 1 amide bonds. The van der Waals surface area contributed by atoms with E-state index in [9.17, 15) is 9.90 Å². The molecule has 1 aromatic heterocycles. The highest BCUT2D eigenvalue weighted by atomic mass is 16.3. The van der Waals surface area contributed by atoms with E-state index >= 15 is 0 Å². The Bertz CT molecular complexity index is 663. The van der Waals surface area contributed by atoms with Crippen LogP contribution in [0.5, 0.6) is 0 Å². The van der Waals surface area contributed by atoms with Gasteiger partial charge in [-0.15, -0.1) is 0 Å². The first-order valence-corrected chi connectivity index (χ1v) is 8.34. The predicted molar refractivity (Wildman–Crippen MR) is 95.9 cm³/mol. The second-order valence-corrected chi connectivity index (χ2v) is 6.95. The van der Waals surface area contributed by atoms with Gasteiger partial charge in [0, 0.05) is 24.0 Å². The number of rotatable bonds is 7. The number of pyridine rings is 1. The summed E-state index contributed by atoms with van der Waals surface area (Å²) in [5, 5.41) is 12.9. The Hall–Kier alpha value is -2.20. The number of benzene rings is 1. The van der Waals surface area contributed by atoms with E-state index in [4.69, 9.17) is 0 Å². The quantitative estimate of drug-likeness (QED) is 0.821. The lowest BCUT2D eigenvalue weighted by Crippen LogP contribution is -2.34. The molecule has 0 aliphatic heterocycles. The normalized spacial score (nSPS) is 12.7. The third kappa shape index (κ3) is 6.13. The lowest BCUT2D eigenvalue weighted by atomic mass is 9.97. The van der Waals surface area contributed by atoms with E-state index in [-0.39, 0.29) is 11.9 Å². The molecule has 128 valence electrons. The molecule has 0 aliphatic rings. The molecule has 4 heteroatoms. The fourth-order valence-electron chi connectivity index (χ4n) is 2.55. The van der Waals surface area contributed by atoms with Gasteiger partial charge in [-0.25, -0.2) is 0 Å². The fourth-order valence-corrected chi connectivity index (χ4v) is 2.55. The van der Waals surface area contributed by atoms with Crippen molar-refractivity contribution in [1.82, 2.24) is 10.3 Å². The molecule has 1 heterocycles. The van der Waals surface area contributed by atoms with Gasteiger partial charge in [-0.1, -0.05) is 12.1 Å². The Morgan fingerprint density at radius 1 is 1.21 bits per heavy atom.